The molecule has 0 radical (unpaired) electrons. The van der Waals surface area contributed by atoms with Gasteiger partial charge in [-0.1, -0.05) is 5.92 Å². The van der Waals surface area contributed by atoms with Crippen molar-refractivity contribution in [2.24, 2.45) is 0 Å². The average Bonchev–Trinajstić information content (AvgIpc) is 2.34. The number of rotatable bonds is 5. The highest BCUT2D eigenvalue weighted by Crippen LogP contribution is 2.25. The van der Waals surface area contributed by atoms with Crippen LogP contribution in [0.15, 0.2) is 24.3 Å². The lowest BCUT2D eigenvalue weighted by Gasteiger charge is -2.08. The second kappa shape index (κ2) is 6.23. The zero-order valence-corrected chi connectivity index (χ0v) is 9.34. The summed E-state index contributed by atoms with van der Waals surface area (Å²) in [6, 6.07) is 5.06. The molecule has 0 amide bonds. The van der Waals surface area contributed by atoms with Crippen LogP contribution in [0.5, 0.6) is 11.5 Å². The Kier molecular flexibility index (Phi) is 4.64. The highest BCUT2D eigenvalue weighted by Gasteiger charge is 2.03. The highest BCUT2D eigenvalue weighted by molar-refractivity contribution is 5.86. The molecule has 1 aromatic carbocycles. The molecule has 0 saturated carbocycles. The first kappa shape index (κ1) is 12.7. The first-order chi connectivity index (χ1) is 8.17. The van der Waals surface area contributed by atoms with Crippen LogP contribution in [0.4, 0.5) is 0 Å². The van der Waals surface area contributed by atoms with Crippen molar-refractivity contribution in [2.75, 3.05) is 13.7 Å². The van der Waals surface area contributed by atoms with Gasteiger partial charge in [0.25, 0.3) is 0 Å². The van der Waals surface area contributed by atoms with Crippen LogP contribution in [0.25, 0.3) is 6.08 Å². The number of hydrogen-bond donors (Lipinski definition) is 1. The zero-order valence-electron chi connectivity index (χ0n) is 9.34. The first-order valence-corrected chi connectivity index (χ1v) is 4.82. The molecule has 1 N–H and O–H groups in total. The van der Waals surface area contributed by atoms with Crippen LogP contribution in [0.1, 0.15) is 5.56 Å². The maximum absolute atomic E-state index is 10.4. The van der Waals surface area contributed by atoms with E-state index in [-0.39, 0.29) is 6.61 Å². The Balaban J connectivity index is 3.02. The van der Waals surface area contributed by atoms with Gasteiger partial charge >= 0.3 is 5.97 Å². The van der Waals surface area contributed by atoms with Crippen molar-refractivity contribution >= 4 is 12.0 Å². The first-order valence-electron chi connectivity index (χ1n) is 4.82. The van der Waals surface area contributed by atoms with Gasteiger partial charge in [0.1, 0.15) is 18.1 Å². The molecule has 0 saturated heterocycles. The molecule has 0 aliphatic heterocycles. The van der Waals surface area contributed by atoms with E-state index >= 15 is 0 Å². The van der Waals surface area contributed by atoms with E-state index in [4.69, 9.17) is 21.0 Å². The van der Waals surface area contributed by atoms with E-state index in [0.717, 1.165) is 6.08 Å². The number of benzene rings is 1. The summed E-state index contributed by atoms with van der Waals surface area (Å²) in [6.45, 7) is 0.112. The number of carbonyl (C=O) groups is 1. The topological polar surface area (TPSA) is 55.8 Å². The molecule has 0 spiro atoms. The molecular formula is C13H12O4. The van der Waals surface area contributed by atoms with Crippen molar-refractivity contribution in [3.8, 4) is 23.8 Å². The third-order valence-electron chi connectivity index (χ3n) is 1.94. The van der Waals surface area contributed by atoms with Crippen molar-refractivity contribution in [2.45, 2.75) is 0 Å². The summed E-state index contributed by atoms with van der Waals surface area (Å²) < 4.78 is 10.3. The number of carboxylic acids is 1. The molecule has 17 heavy (non-hydrogen) atoms. The zero-order chi connectivity index (χ0) is 12.7. The highest BCUT2D eigenvalue weighted by atomic mass is 16.5. The van der Waals surface area contributed by atoms with Gasteiger partial charge in [0.05, 0.1) is 7.11 Å². The molecule has 1 aromatic rings. The second-order valence-electron chi connectivity index (χ2n) is 3.07. The van der Waals surface area contributed by atoms with Crippen molar-refractivity contribution in [3.63, 3.8) is 0 Å². The lowest BCUT2D eigenvalue weighted by Crippen LogP contribution is -1.97. The van der Waals surface area contributed by atoms with Gasteiger partial charge in [0.15, 0.2) is 0 Å². The van der Waals surface area contributed by atoms with E-state index < -0.39 is 5.97 Å². The molecule has 0 heterocycles. The Labute approximate surface area is 99.5 Å². The normalized spacial score (nSPS) is 9.88. The van der Waals surface area contributed by atoms with Gasteiger partial charge in [-0.3, -0.25) is 0 Å². The van der Waals surface area contributed by atoms with Crippen LogP contribution in [0.3, 0.4) is 0 Å². The summed E-state index contributed by atoms with van der Waals surface area (Å²) in [5.74, 6) is 2.42. The summed E-state index contributed by atoms with van der Waals surface area (Å²) in [4.78, 5) is 10.4. The van der Waals surface area contributed by atoms with E-state index in [2.05, 4.69) is 5.92 Å². The maximum atomic E-state index is 10.4. The van der Waals surface area contributed by atoms with Crippen LogP contribution < -0.4 is 9.47 Å². The van der Waals surface area contributed by atoms with Crippen LogP contribution in [-0.2, 0) is 4.79 Å². The maximum Gasteiger partial charge on any atom is 0.328 e. The van der Waals surface area contributed by atoms with E-state index in [0.29, 0.717) is 17.1 Å². The smallest absolute Gasteiger partial charge is 0.328 e. The Morgan fingerprint density at radius 3 is 2.94 bits per heavy atom. The fourth-order valence-electron chi connectivity index (χ4n) is 1.18. The van der Waals surface area contributed by atoms with Gasteiger partial charge in [-0.05, 0) is 18.2 Å². The van der Waals surface area contributed by atoms with Gasteiger partial charge in [0, 0.05) is 17.7 Å². The summed E-state index contributed by atoms with van der Waals surface area (Å²) in [5, 5.41) is 8.56. The van der Waals surface area contributed by atoms with Crippen LogP contribution in [-0.4, -0.2) is 24.8 Å². The van der Waals surface area contributed by atoms with E-state index in [1.165, 1.54) is 13.2 Å². The summed E-state index contributed by atoms with van der Waals surface area (Å²) in [6.07, 6.45) is 7.57. The van der Waals surface area contributed by atoms with Crippen LogP contribution in [0, 0.1) is 12.3 Å². The van der Waals surface area contributed by atoms with Crippen molar-refractivity contribution in [3.05, 3.63) is 29.8 Å². The Morgan fingerprint density at radius 2 is 2.35 bits per heavy atom. The fraction of sp³-hybridized carbons (Fsp3) is 0.154. The quantitative estimate of drug-likeness (QED) is 0.621. The Bertz CT molecular complexity index is 469. The van der Waals surface area contributed by atoms with E-state index in [1.807, 2.05) is 0 Å². The van der Waals surface area contributed by atoms with Gasteiger partial charge in [-0.15, -0.1) is 6.42 Å². The monoisotopic (exact) mass is 232 g/mol. The van der Waals surface area contributed by atoms with E-state index in [9.17, 15) is 4.79 Å². The fourth-order valence-corrected chi connectivity index (χ4v) is 1.18. The van der Waals surface area contributed by atoms with Gasteiger partial charge in [-0.2, -0.15) is 0 Å². The average molecular weight is 232 g/mol. The predicted molar refractivity (Wildman–Crippen MR) is 64.0 cm³/mol. The molecule has 4 nitrogen and oxygen atoms in total. The van der Waals surface area contributed by atoms with Gasteiger partial charge < -0.3 is 14.6 Å². The van der Waals surface area contributed by atoms with Crippen molar-refractivity contribution < 1.29 is 19.4 Å². The number of ether oxygens (including phenoxy) is 2. The summed E-state index contributed by atoms with van der Waals surface area (Å²) in [7, 11) is 1.53. The minimum Gasteiger partial charge on any atom is -0.497 e. The number of methoxy groups -OCH3 is 1. The van der Waals surface area contributed by atoms with Crippen molar-refractivity contribution in [1.82, 2.24) is 0 Å². The molecular weight excluding hydrogens is 220 g/mol. The minimum absolute atomic E-state index is 0.112. The molecule has 88 valence electrons. The molecule has 0 unspecified atom stereocenters. The molecule has 0 bridgehead atoms. The SMILES string of the molecule is C#CCOc1cc(OC)ccc1C=CC(=O)O. The van der Waals surface area contributed by atoms with Gasteiger partial charge in [0.2, 0.25) is 0 Å². The number of aliphatic carboxylic acids is 1. The molecule has 0 atom stereocenters. The Morgan fingerprint density at radius 1 is 1.59 bits per heavy atom. The van der Waals surface area contributed by atoms with Crippen molar-refractivity contribution in [1.29, 1.82) is 0 Å². The third-order valence-corrected chi connectivity index (χ3v) is 1.94. The number of carboxylic acid groups (broad SMARTS) is 1. The minimum atomic E-state index is -1.02. The molecule has 0 fully saturated rings. The summed E-state index contributed by atoms with van der Waals surface area (Å²) >= 11 is 0. The molecule has 0 aliphatic rings. The van der Waals surface area contributed by atoms with Crippen LogP contribution >= 0.6 is 0 Å². The van der Waals surface area contributed by atoms with E-state index in [1.54, 1.807) is 18.2 Å². The molecule has 0 aromatic heterocycles. The third kappa shape index (κ3) is 3.92. The molecule has 0 aliphatic carbocycles. The van der Waals surface area contributed by atoms with Crippen LogP contribution in [0.2, 0.25) is 0 Å². The predicted octanol–water partition coefficient (Wildman–Crippen LogP) is 1.81. The molecule has 1 rings (SSSR count). The standard InChI is InChI=1S/C13H12O4/c1-3-8-17-12-9-11(16-2)6-4-10(12)5-7-13(14)15/h1,4-7,9H,8H2,2H3,(H,14,15). The Hall–Kier alpha value is -2.41. The number of hydrogen-bond acceptors (Lipinski definition) is 3. The largest absolute Gasteiger partial charge is 0.497 e. The lowest BCUT2D eigenvalue weighted by molar-refractivity contribution is -0.131. The lowest BCUT2D eigenvalue weighted by atomic mass is 10.1. The van der Waals surface area contributed by atoms with Gasteiger partial charge in [-0.25, -0.2) is 4.79 Å². The number of terminal acetylenes is 1. The second-order valence-corrected chi connectivity index (χ2v) is 3.07. The summed E-state index contributed by atoms with van der Waals surface area (Å²) in [5.41, 5.74) is 0.628. The molecule has 4 heteroatoms.